The molecule has 0 saturated carbocycles. The number of aliphatic imine (C=N–C) groups is 1. The van der Waals surface area contributed by atoms with Crippen molar-refractivity contribution in [3.05, 3.63) is 41.9 Å². The van der Waals surface area contributed by atoms with Crippen LogP contribution in [0.4, 0.5) is 5.82 Å². The van der Waals surface area contributed by atoms with Gasteiger partial charge in [0.1, 0.15) is 5.82 Å². The first-order valence-corrected chi connectivity index (χ1v) is 9.46. The quantitative estimate of drug-likeness (QED) is 0.589. The standard InChI is InChI=1S/C19H29N7O/c1-4-20-19(23-13-17-7-8-24-25(17)3)22-12-16-5-6-18(21-11-16)26-9-10-27-15(2)14-26/h5-8,11,15H,4,9-10,12-14H2,1-3H3,(H2,20,22,23). The summed E-state index contributed by atoms with van der Waals surface area (Å²) in [5, 5.41) is 10.8. The first kappa shape index (κ1) is 19.2. The molecule has 0 aliphatic carbocycles. The molecule has 146 valence electrons. The Morgan fingerprint density at radius 3 is 2.89 bits per heavy atom. The zero-order valence-electron chi connectivity index (χ0n) is 16.4. The molecule has 8 nitrogen and oxygen atoms in total. The van der Waals surface area contributed by atoms with E-state index in [-0.39, 0.29) is 6.10 Å². The van der Waals surface area contributed by atoms with E-state index < -0.39 is 0 Å². The summed E-state index contributed by atoms with van der Waals surface area (Å²) in [5.74, 6) is 1.78. The second kappa shape index (κ2) is 9.36. The highest BCUT2D eigenvalue weighted by Gasteiger charge is 2.17. The molecule has 2 N–H and O–H groups in total. The van der Waals surface area contributed by atoms with Gasteiger partial charge < -0.3 is 20.3 Å². The Morgan fingerprint density at radius 1 is 1.33 bits per heavy atom. The molecule has 0 amide bonds. The third-order valence-corrected chi connectivity index (χ3v) is 4.50. The van der Waals surface area contributed by atoms with Crippen LogP contribution in [-0.2, 0) is 24.9 Å². The Kier molecular flexibility index (Phi) is 6.64. The van der Waals surface area contributed by atoms with Gasteiger partial charge in [-0.3, -0.25) is 4.68 Å². The van der Waals surface area contributed by atoms with Crippen LogP contribution >= 0.6 is 0 Å². The van der Waals surface area contributed by atoms with E-state index in [1.165, 1.54) is 0 Å². The predicted octanol–water partition coefficient (Wildman–Crippen LogP) is 1.30. The number of aromatic nitrogens is 3. The third kappa shape index (κ3) is 5.43. The molecule has 27 heavy (non-hydrogen) atoms. The molecule has 0 aromatic carbocycles. The van der Waals surface area contributed by atoms with Crippen LogP contribution in [0.15, 0.2) is 35.6 Å². The predicted molar refractivity (Wildman–Crippen MR) is 107 cm³/mol. The number of rotatable bonds is 6. The lowest BCUT2D eigenvalue weighted by molar-refractivity contribution is 0.0529. The maximum Gasteiger partial charge on any atom is 0.191 e. The number of nitrogens with one attached hydrogen (secondary N) is 2. The number of pyridine rings is 1. The van der Waals surface area contributed by atoms with Gasteiger partial charge in [0.15, 0.2) is 5.96 Å². The molecule has 0 bridgehead atoms. The van der Waals surface area contributed by atoms with E-state index in [0.29, 0.717) is 13.1 Å². The highest BCUT2D eigenvalue weighted by atomic mass is 16.5. The van der Waals surface area contributed by atoms with Crippen molar-refractivity contribution in [2.24, 2.45) is 12.0 Å². The molecule has 1 unspecified atom stereocenters. The van der Waals surface area contributed by atoms with E-state index in [0.717, 1.165) is 49.3 Å². The lowest BCUT2D eigenvalue weighted by Gasteiger charge is -2.32. The molecule has 0 spiro atoms. The number of nitrogens with zero attached hydrogens (tertiary/aromatic N) is 5. The summed E-state index contributed by atoms with van der Waals surface area (Å²) >= 11 is 0. The molecule has 8 heteroatoms. The smallest absolute Gasteiger partial charge is 0.191 e. The Bertz CT molecular complexity index is 741. The van der Waals surface area contributed by atoms with Crippen LogP contribution in [0.5, 0.6) is 0 Å². The van der Waals surface area contributed by atoms with Crippen LogP contribution in [-0.4, -0.2) is 53.1 Å². The Hall–Kier alpha value is -2.61. The second-order valence-corrected chi connectivity index (χ2v) is 6.65. The van der Waals surface area contributed by atoms with Gasteiger partial charge in [-0.05, 0) is 31.5 Å². The topological polar surface area (TPSA) is 79.6 Å². The van der Waals surface area contributed by atoms with Gasteiger partial charge in [-0.25, -0.2) is 9.98 Å². The van der Waals surface area contributed by atoms with Crippen LogP contribution in [0.2, 0.25) is 0 Å². The van der Waals surface area contributed by atoms with E-state index >= 15 is 0 Å². The molecule has 1 aliphatic heterocycles. The van der Waals surface area contributed by atoms with Crippen molar-refractivity contribution in [1.29, 1.82) is 0 Å². The average Bonchev–Trinajstić information content (AvgIpc) is 3.09. The van der Waals surface area contributed by atoms with Crippen LogP contribution in [0.25, 0.3) is 0 Å². The minimum Gasteiger partial charge on any atom is -0.375 e. The first-order chi connectivity index (χ1) is 13.2. The monoisotopic (exact) mass is 371 g/mol. The molecule has 3 rings (SSSR count). The number of hydrogen-bond acceptors (Lipinski definition) is 5. The van der Waals surface area contributed by atoms with Gasteiger partial charge in [0, 0.05) is 39.1 Å². The highest BCUT2D eigenvalue weighted by molar-refractivity contribution is 5.79. The van der Waals surface area contributed by atoms with Crippen molar-refractivity contribution in [3.63, 3.8) is 0 Å². The van der Waals surface area contributed by atoms with Crippen molar-refractivity contribution in [1.82, 2.24) is 25.4 Å². The average molecular weight is 371 g/mol. The molecule has 1 aliphatic rings. The number of anilines is 1. The molecule has 2 aromatic rings. The molecule has 1 atom stereocenters. The summed E-state index contributed by atoms with van der Waals surface area (Å²) in [6.45, 7) is 8.73. The van der Waals surface area contributed by atoms with Gasteiger partial charge >= 0.3 is 0 Å². The largest absolute Gasteiger partial charge is 0.375 e. The van der Waals surface area contributed by atoms with Gasteiger partial charge in [0.2, 0.25) is 0 Å². The third-order valence-electron chi connectivity index (χ3n) is 4.50. The van der Waals surface area contributed by atoms with Crippen LogP contribution in [0, 0.1) is 0 Å². The SMILES string of the molecule is CCNC(=NCc1ccc(N2CCOC(C)C2)nc1)NCc1ccnn1C. The zero-order valence-corrected chi connectivity index (χ0v) is 16.4. The van der Waals surface area contributed by atoms with E-state index in [4.69, 9.17) is 4.74 Å². The molecule has 3 heterocycles. The Morgan fingerprint density at radius 2 is 2.22 bits per heavy atom. The zero-order chi connectivity index (χ0) is 19.1. The maximum absolute atomic E-state index is 5.59. The Balaban J connectivity index is 1.57. The number of guanidine groups is 1. The number of ether oxygens (including phenoxy) is 1. The lowest BCUT2D eigenvalue weighted by atomic mass is 10.2. The second-order valence-electron chi connectivity index (χ2n) is 6.65. The number of aryl methyl sites for hydroxylation is 1. The van der Waals surface area contributed by atoms with Crippen LogP contribution in [0.1, 0.15) is 25.1 Å². The normalized spacial score (nSPS) is 17.8. The fraction of sp³-hybridized carbons (Fsp3) is 0.526. The van der Waals surface area contributed by atoms with E-state index in [9.17, 15) is 0 Å². The van der Waals surface area contributed by atoms with Gasteiger partial charge in [0.05, 0.1) is 31.5 Å². The fourth-order valence-corrected chi connectivity index (χ4v) is 2.98. The number of hydrogen-bond donors (Lipinski definition) is 2. The van der Waals surface area contributed by atoms with Crippen molar-refractivity contribution in [2.45, 2.75) is 33.0 Å². The molecular formula is C19H29N7O. The van der Waals surface area contributed by atoms with Gasteiger partial charge in [-0.15, -0.1) is 0 Å². The molecule has 1 saturated heterocycles. The number of morpholine rings is 1. The Labute approximate surface area is 160 Å². The van der Waals surface area contributed by atoms with Gasteiger partial charge in [0.25, 0.3) is 0 Å². The maximum atomic E-state index is 5.59. The van der Waals surface area contributed by atoms with Crippen molar-refractivity contribution < 1.29 is 4.74 Å². The van der Waals surface area contributed by atoms with Crippen LogP contribution < -0.4 is 15.5 Å². The summed E-state index contributed by atoms with van der Waals surface area (Å²) in [6.07, 6.45) is 3.95. The molecule has 2 aromatic heterocycles. The fourth-order valence-electron chi connectivity index (χ4n) is 2.98. The van der Waals surface area contributed by atoms with Crippen molar-refractivity contribution >= 4 is 11.8 Å². The minimum absolute atomic E-state index is 0.248. The summed E-state index contributed by atoms with van der Waals surface area (Å²) in [6, 6.07) is 6.15. The first-order valence-electron chi connectivity index (χ1n) is 9.46. The van der Waals surface area contributed by atoms with E-state index in [1.54, 1.807) is 6.20 Å². The lowest BCUT2D eigenvalue weighted by Crippen LogP contribution is -2.41. The minimum atomic E-state index is 0.248. The van der Waals surface area contributed by atoms with Crippen LogP contribution in [0.3, 0.4) is 0 Å². The highest BCUT2D eigenvalue weighted by Crippen LogP contribution is 2.15. The van der Waals surface area contributed by atoms with Crippen molar-refractivity contribution in [3.8, 4) is 0 Å². The summed E-state index contributed by atoms with van der Waals surface area (Å²) in [5.41, 5.74) is 2.18. The van der Waals surface area contributed by atoms with Gasteiger partial charge in [-0.1, -0.05) is 6.07 Å². The van der Waals surface area contributed by atoms with E-state index in [2.05, 4.69) is 56.6 Å². The summed E-state index contributed by atoms with van der Waals surface area (Å²) in [7, 11) is 1.93. The van der Waals surface area contributed by atoms with Crippen molar-refractivity contribution in [2.75, 3.05) is 31.1 Å². The summed E-state index contributed by atoms with van der Waals surface area (Å²) in [4.78, 5) is 11.5. The molecular weight excluding hydrogens is 342 g/mol. The van der Waals surface area contributed by atoms with Gasteiger partial charge in [-0.2, -0.15) is 5.10 Å². The van der Waals surface area contributed by atoms with E-state index in [1.807, 2.05) is 24.0 Å². The molecule has 0 radical (unpaired) electrons. The molecule has 1 fully saturated rings. The summed E-state index contributed by atoms with van der Waals surface area (Å²) < 4.78 is 7.44.